The molecule has 0 spiro atoms. The summed E-state index contributed by atoms with van der Waals surface area (Å²) in [4.78, 5) is 0.0715. The van der Waals surface area contributed by atoms with Gasteiger partial charge in [0.05, 0.1) is 16.0 Å². The fourth-order valence-corrected chi connectivity index (χ4v) is 2.29. The van der Waals surface area contributed by atoms with E-state index in [1.165, 1.54) is 12.1 Å². The second kappa shape index (κ2) is 5.65. The molecular formula is C10H14BrNO3S. The average Bonchev–Trinajstić information content (AvgIpc) is 2.19. The van der Waals surface area contributed by atoms with E-state index in [0.717, 1.165) is 12.8 Å². The first-order chi connectivity index (χ1) is 7.45. The van der Waals surface area contributed by atoms with E-state index in [9.17, 15) is 8.42 Å². The number of unbranched alkanes of at least 4 members (excludes halogenated alkanes) is 1. The monoisotopic (exact) mass is 307 g/mol. The van der Waals surface area contributed by atoms with Gasteiger partial charge >= 0.3 is 0 Å². The second-order valence-electron chi connectivity index (χ2n) is 3.34. The lowest BCUT2D eigenvalue weighted by Crippen LogP contribution is -2.12. The molecule has 6 heteroatoms. The first-order valence-corrected chi connectivity index (χ1v) is 7.24. The lowest BCUT2D eigenvalue weighted by Gasteiger charge is -2.08. The van der Waals surface area contributed by atoms with Crippen LogP contribution in [0.25, 0.3) is 0 Å². The van der Waals surface area contributed by atoms with Crippen LogP contribution in [0, 0.1) is 0 Å². The molecule has 0 aliphatic carbocycles. The maximum atomic E-state index is 11.1. The molecule has 16 heavy (non-hydrogen) atoms. The van der Waals surface area contributed by atoms with Gasteiger partial charge in [-0.3, -0.25) is 0 Å². The lowest BCUT2D eigenvalue weighted by molar-refractivity contribution is 0.307. The van der Waals surface area contributed by atoms with Crippen LogP contribution in [0.2, 0.25) is 0 Å². The molecule has 0 fully saturated rings. The van der Waals surface area contributed by atoms with Crippen LogP contribution in [-0.4, -0.2) is 15.0 Å². The minimum atomic E-state index is -3.65. The number of benzene rings is 1. The molecule has 4 nitrogen and oxygen atoms in total. The fraction of sp³-hybridized carbons (Fsp3) is 0.400. The molecule has 1 rings (SSSR count). The SMILES string of the molecule is CCCCOc1ccc(S(N)(=O)=O)cc1Br. The Bertz CT molecular complexity index is 459. The third kappa shape index (κ3) is 3.77. The molecule has 0 amide bonds. The van der Waals surface area contributed by atoms with Crippen molar-refractivity contribution in [2.24, 2.45) is 5.14 Å². The molecule has 0 bridgehead atoms. The largest absolute Gasteiger partial charge is 0.492 e. The van der Waals surface area contributed by atoms with Gasteiger partial charge in [-0.2, -0.15) is 0 Å². The van der Waals surface area contributed by atoms with Gasteiger partial charge in [-0.1, -0.05) is 13.3 Å². The minimum Gasteiger partial charge on any atom is -0.492 e. The van der Waals surface area contributed by atoms with Crippen molar-refractivity contribution in [3.05, 3.63) is 22.7 Å². The summed E-state index contributed by atoms with van der Waals surface area (Å²) in [6.45, 7) is 2.69. The summed E-state index contributed by atoms with van der Waals surface area (Å²) in [7, 11) is -3.65. The van der Waals surface area contributed by atoms with Crippen molar-refractivity contribution in [3.63, 3.8) is 0 Å². The highest BCUT2D eigenvalue weighted by Gasteiger charge is 2.10. The molecule has 2 N–H and O–H groups in total. The summed E-state index contributed by atoms with van der Waals surface area (Å²) < 4.78 is 28.2. The number of nitrogens with two attached hydrogens (primary N) is 1. The van der Waals surface area contributed by atoms with Gasteiger partial charge in [0.25, 0.3) is 0 Å². The normalized spacial score (nSPS) is 11.4. The highest BCUT2D eigenvalue weighted by molar-refractivity contribution is 9.10. The van der Waals surface area contributed by atoms with Crippen LogP contribution < -0.4 is 9.88 Å². The van der Waals surface area contributed by atoms with Gasteiger partial charge in [0.1, 0.15) is 5.75 Å². The first-order valence-electron chi connectivity index (χ1n) is 4.90. The van der Waals surface area contributed by atoms with Gasteiger partial charge in [-0.15, -0.1) is 0 Å². The zero-order chi connectivity index (χ0) is 12.2. The maximum Gasteiger partial charge on any atom is 0.238 e. The van der Waals surface area contributed by atoms with Crippen molar-refractivity contribution in [3.8, 4) is 5.75 Å². The smallest absolute Gasteiger partial charge is 0.238 e. The quantitative estimate of drug-likeness (QED) is 0.848. The van der Waals surface area contributed by atoms with Gasteiger partial charge in [0.15, 0.2) is 0 Å². The molecule has 0 radical (unpaired) electrons. The van der Waals surface area contributed by atoms with E-state index in [-0.39, 0.29) is 4.90 Å². The second-order valence-corrected chi connectivity index (χ2v) is 5.76. The van der Waals surface area contributed by atoms with Gasteiger partial charge in [-0.25, -0.2) is 13.6 Å². The van der Waals surface area contributed by atoms with Crippen molar-refractivity contribution in [1.29, 1.82) is 0 Å². The van der Waals surface area contributed by atoms with E-state index in [2.05, 4.69) is 22.9 Å². The Balaban J connectivity index is 2.84. The van der Waals surface area contributed by atoms with Crippen LogP contribution >= 0.6 is 15.9 Å². The summed E-state index contributed by atoms with van der Waals surface area (Å²) in [6, 6.07) is 4.47. The maximum absolute atomic E-state index is 11.1. The molecule has 0 unspecified atom stereocenters. The Kier molecular flexibility index (Phi) is 4.76. The molecule has 0 saturated heterocycles. The Labute approximate surface area is 104 Å². The van der Waals surface area contributed by atoms with E-state index in [4.69, 9.17) is 9.88 Å². The number of ether oxygens (including phenoxy) is 1. The number of halogens is 1. The molecule has 90 valence electrons. The molecular weight excluding hydrogens is 294 g/mol. The van der Waals surface area contributed by atoms with Gasteiger partial charge < -0.3 is 4.74 Å². The third-order valence-corrected chi connectivity index (χ3v) is 3.52. The Morgan fingerprint density at radius 2 is 2.12 bits per heavy atom. The number of sulfonamides is 1. The molecule has 0 aliphatic heterocycles. The van der Waals surface area contributed by atoms with Crippen molar-refractivity contribution in [1.82, 2.24) is 0 Å². The highest BCUT2D eigenvalue weighted by atomic mass is 79.9. The summed E-state index contributed by atoms with van der Waals surface area (Å²) >= 11 is 3.25. The number of hydrogen-bond donors (Lipinski definition) is 1. The predicted molar refractivity (Wildman–Crippen MR) is 65.9 cm³/mol. The van der Waals surface area contributed by atoms with E-state index < -0.39 is 10.0 Å². The standard InChI is InChI=1S/C10H14BrNO3S/c1-2-3-6-15-10-5-4-8(7-9(10)11)16(12,13)14/h4-5,7H,2-3,6H2,1H3,(H2,12,13,14). The van der Waals surface area contributed by atoms with Gasteiger partial charge in [-0.05, 0) is 40.5 Å². The molecule has 1 aromatic rings. The fourth-order valence-electron chi connectivity index (χ4n) is 1.10. The summed E-state index contributed by atoms with van der Waals surface area (Å²) in [5, 5.41) is 5.01. The van der Waals surface area contributed by atoms with Crippen molar-refractivity contribution in [2.45, 2.75) is 24.7 Å². The van der Waals surface area contributed by atoms with Crippen LogP contribution in [-0.2, 0) is 10.0 Å². The van der Waals surface area contributed by atoms with Gasteiger partial charge in [0, 0.05) is 0 Å². The number of hydrogen-bond acceptors (Lipinski definition) is 3. The van der Waals surface area contributed by atoms with E-state index >= 15 is 0 Å². The molecule has 0 aromatic heterocycles. The van der Waals surface area contributed by atoms with Crippen LogP contribution in [0.15, 0.2) is 27.6 Å². The Morgan fingerprint density at radius 3 is 2.62 bits per heavy atom. The van der Waals surface area contributed by atoms with E-state index in [0.29, 0.717) is 16.8 Å². The summed E-state index contributed by atoms with van der Waals surface area (Å²) in [6.07, 6.45) is 2.01. The summed E-state index contributed by atoms with van der Waals surface area (Å²) in [5.74, 6) is 0.626. The third-order valence-electron chi connectivity index (χ3n) is 1.99. The Hall–Kier alpha value is -0.590. The molecule has 0 saturated carbocycles. The number of primary sulfonamides is 1. The van der Waals surface area contributed by atoms with Crippen molar-refractivity contribution >= 4 is 26.0 Å². The molecule has 1 aromatic carbocycles. The van der Waals surface area contributed by atoms with Crippen LogP contribution in [0.3, 0.4) is 0 Å². The minimum absolute atomic E-state index is 0.0715. The van der Waals surface area contributed by atoms with Gasteiger partial charge in [0.2, 0.25) is 10.0 Å². The van der Waals surface area contributed by atoms with Crippen LogP contribution in [0.4, 0.5) is 0 Å². The number of rotatable bonds is 5. The van der Waals surface area contributed by atoms with Crippen LogP contribution in [0.5, 0.6) is 5.75 Å². The zero-order valence-electron chi connectivity index (χ0n) is 8.94. The topological polar surface area (TPSA) is 69.4 Å². The summed E-state index contributed by atoms with van der Waals surface area (Å²) in [5.41, 5.74) is 0. The highest BCUT2D eigenvalue weighted by Crippen LogP contribution is 2.27. The van der Waals surface area contributed by atoms with E-state index in [1.807, 2.05) is 0 Å². The van der Waals surface area contributed by atoms with Crippen LogP contribution in [0.1, 0.15) is 19.8 Å². The Morgan fingerprint density at radius 1 is 1.44 bits per heavy atom. The molecule has 0 atom stereocenters. The molecule has 0 heterocycles. The molecule has 0 aliphatic rings. The average molecular weight is 308 g/mol. The van der Waals surface area contributed by atoms with Crippen molar-refractivity contribution in [2.75, 3.05) is 6.61 Å². The van der Waals surface area contributed by atoms with E-state index in [1.54, 1.807) is 6.07 Å². The zero-order valence-corrected chi connectivity index (χ0v) is 11.3. The lowest BCUT2D eigenvalue weighted by atomic mass is 10.3. The first kappa shape index (κ1) is 13.5. The van der Waals surface area contributed by atoms with Crippen molar-refractivity contribution < 1.29 is 13.2 Å². The predicted octanol–water partition coefficient (Wildman–Crippen LogP) is 2.28.